The molecule has 118 valence electrons. The molecule has 1 atom stereocenters. The molecule has 2 amide bonds. The van der Waals surface area contributed by atoms with Crippen molar-refractivity contribution in [2.45, 2.75) is 51.5 Å². The lowest BCUT2D eigenvalue weighted by atomic mass is 10.1. The average Bonchev–Trinajstić information content (AvgIpc) is 2.97. The van der Waals surface area contributed by atoms with Crippen LogP contribution in [0.25, 0.3) is 0 Å². The van der Waals surface area contributed by atoms with Gasteiger partial charge in [0.2, 0.25) is 0 Å². The third kappa shape index (κ3) is 7.13. The minimum absolute atomic E-state index is 0.427. The molecule has 0 aliphatic heterocycles. The van der Waals surface area contributed by atoms with Gasteiger partial charge in [-0.1, -0.05) is 45.1 Å². The van der Waals surface area contributed by atoms with Crippen molar-refractivity contribution in [3.63, 3.8) is 0 Å². The molecular formula is C15H24N2O3S. The standard InChI is InChI=1S/C15H24N2O3S/c1-2-3-4-5-6-7-10-16-15(20)17-13(14(18)19)12-9-8-11-21-12/h8-9,11,13H,2-7,10H2,1H3,(H,18,19)(H2,16,17,20). The Kier molecular flexibility index (Phi) is 8.50. The first kappa shape index (κ1) is 17.5. The highest BCUT2D eigenvalue weighted by Crippen LogP contribution is 2.18. The number of carbonyl (C=O) groups excluding carboxylic acids is 1. The van der Waals surface area contributed by atoms with Crippen LogP contribution in [0.3, 0.4) is 0 Å². The Morgan fingerprint density at radius 2 is 1.95 bits per heavy atom. The average molecular weight is 312 g/mol. The van der Waals surface area contributed by atoms with E-state index in [4.69, 9.17) is 5.11 Å². The van der Waals surface area contributed by atoms with Gasteiger partial charge >= 0.3 is 12.0 Å². The van der Waals surface area contributed by atoms with E-state index >= 15 is 0 Å². The van der Waals surface area contributed by atoms with Crippen molar-refractivity contribution in [1.82, 2.24) is 10.6 Å². The predicted molar refractivity (Wildman–Crippen MR) is 84.6 cm³/mol. The zero-order chi connectivity index (χ0) is 15.5. The van der Waals surface area contributed by atoms with Crippen molar-refractivity contribution in [1.29, 1.82) is 0 Å². The summed E-state index contributed by atoms with van der Waals surface area (Å²) in [6, 6.07) is 2.07. The lowest BCUT2D eigenvalue weighted by molar-refractivity contribution is -0.139. The lowest BCUT2D eigenvalue weighted by Crippen LogP contribution is -2.40. The number of carbonyl (C=O) groups is 2. The van der Waals surface area contributed by atoms with Crippen LogP contribution in [0, 0.1) is 0 Å². The Morgan fingerprint density at radius 1 is 1.24 bits per heavy atom. The quantitative estimate of drug-likeness (QED) is 0.578. The van der Waals surface area contributed by atoms with E-state index in [9.17, 15) is 9.59 Å². The molecule has 0 radical (unpaired) electrons. The lowest BCUT2D eigenvalue weighted by Gasteiger charge is -2.13. The highest BCUT2D eigenvalue weighted by Gasteiger charge is 2.22. The van der Waals surface area contributed by atoms with Crippen molar-refractivity contribution in [2.75, 3.05) is 6.54 Å². The van der Waals surface area contributed by atoms with Crippen molar-refractivity contribution >= 4 is 23.3 Å². The zero-order valence-corrected chi connectivity index (χ0v) is 13.2. The summed E-state index contributed by atoms with van der Waals surface area (Å²) in [6.07, 6.45) is 6.92. The molecular weight excluding hydrogens is 288 g/mol. The predicted octanol–water partition coefficient (Wildman–Crippen LogP) is 3.53. The molecule has 6 heteroatoms. The summed E-state index contributed by atoms with van der Waals surface area (Å²) in [5.41, 5.74) is 0. The van der Waals surface area contributed by atoms with Gasteiger partial charge < -0.3 is 15.7 Å². The number of rotatable bonds is 10. The fourth-order valence-corrected chi connectivity index (χ4v) is 2.77. The molecule has 5 nitrogen and oxygen atoms in total. The number of aliphatic carboxylic acids is 1. The van der Waals surface area contributed by atoms with Crippen LogP contribution in [0.5, 0.6) is 0 Å². The molecule has 1 heterocycles. The highest BCUT2D eigenvalue weighted by molar-refractivity contribution is 7.10. The van der Waals surface area contributed by atoms with Crippen LogP contribution >= 0.6 is 11.3 Å². The smallest absolute Gasteiger partial charge is 0.331 e. The van der Waals surface area contributed by atoms with E-state index in [1.165, 1.54) is 37.0 Å². The third-order valence-corrected chi connectivity index (χ3v) is 4.10. The summed E-state index contributed by atoms with van der Waals surface area (Å²) >= 11 is 1.32. The van der Waals surface area contributed by atoms with Crippen molar-refractivity contribution < 1.29 is 14.7 Å². The minimum atomic E-state index is -1.05. The fraction of sp³-hybridized carbons (Fsp3) is 0.600. The first-order chi connectivity index (χ1) is 10.1. The summed E-state index contributed by atoms with van der Waals surface area (Å²) in [4.78, 5) is 23.5. The van der Waals surface area contributed by atoms with Crippen LogP contribution < -0.4 is 10.6 Å². The number of unbranched alkanes of at least 4 members (excludes halogenated alkanes) is 5. The van der Waals surface area contributed by atoms with Crippen molar-refractivity contribution in [3.05, 3.63) is 22.4 Å². The molecule has 0 saturated heterocycles. The molecule has 0 aliphatic rings. The second kappa shape index (κ2) is 10.2. The van der Waals surface area contributed by atoms with Gasteiger partial charge in [-0.3, -0.25) is 0 Å². The Labute approximate surface area is 129 Å². The molecule has 0 saturated carbocycles. The summed E-state index contributed by atoms with van der Waals surface area (Å²) in [5.74, 6) is -1.05. The molecule has 21 heavy (non-hydrogen) atoms. The number of hydrogen-bond acceptors (Lipinski definition) is 3. The molecule has 0 aliphatic carbocycles. The van der Waals surface area contributed by atoms with Crippen LogP contribution in [-0.2, 0) is 4.79 Å². The van der Waals surface area contributed by atoms with Gasteiger partial charge in [-0.05, 0) is 17.9 Å². The van der Waals surface area contributed by atoms with Crippen LogP contribution in [0.4, 0.5) is 4.79 Å². The van der Waals surface area contributed by atoms with E-state index in [1.807, 2.05) is 0 Å². The van der Waals surface area contributed by atoms with Crippen molar-refractivity contribution in [3.8, 4) is 0 Å². The van der Waals surface area contributed by atoms with E-state index in [1.54, 1.807) is 17.5 Å². The minimum Gasteiger partial charge on any atom is -0.479 e. The van der Waals surface area contributed by atoms with Crippen LogP contribution in [0.2, 0.25) is 0 Å². The van der Waals surface area contributed by atoms with Gasteiger partial charge in [0.25, 0.3) is 0 Å². The molecule has 1 unspecified atom stereocenters. The second-order valence-corrected chi connectivity index (χ2v) is 5.93. The Morgan fingerprint density at radius 3 is 2.57 bits per heavy atom. The SMILES string of the molecule is CCCCCCCCNC(=O)NC(C(=O)O)c1cccs1. The Balaban J connectivity index is 2.21. The maximum absolute atomic E-state index is 11.7. The normalized spacial score (nSPS) is 11.9. The topological polar surface area (TPSA) is 78.4 Å². The van der Waals surface area contributed by atoms with E-state index in [0.717, 1.165) is 12.8 Å². The molecule has 0 bridgehead atoms. The van der Waals surface area contributed by atoms with Gasteiger partial charge in [0.1, 0.15) is 0 Å². The van der Waals surface area contributed by atoms with Gasteiger partial charge in [-0.15, -0.1) is 11.3 Å². The van der Waals surface area contributed by atoms with Gasteiger partial charge in [0.05, 0.1) is 0 Å². The highest BCUT2D eigenvalue weighted by atomic mass is 32.1. The molecule has 3 N–H and O–H groups in total. The van der Waals surface area contributed by atoms with Gasteiger partial charge in [-0.2, -0.15) is 0 Å². The van der Waals surface area contributed by atoms with Crippen LogP contribution in [-0.4, -0.2) is 23.7 Å². The summed E-state index contributed by atoms with van der Waals surface area (Å²) < 4.78 is 0. The first-order valence-electron chi connectivity index (χ1n) is 7.45. The van der Waals surface area contributed by atoms with E-state index in [-0.39, 0.29) is 0 Å². The number of amides is 2. The fourth-order valence-electron chi connectivity index (χ4n) is 2.00. The summed E-state index contributed by atoms with van der Waals surface area (Å²) in [6.45, 7) is 2.76. The maximum atomic E-state index is 11.7. The molecule has 1 rings (SSSR count). The van der Waals surface area contributed by atoms with Crippen molar-refractivity contribution in [2.24, 2.45) is 0 Å². The molecule has 1 aromatic rings. The number of nitrogens with one attached hydrogen (secondary N) is 2. The number of carboxylic acids is 1. The van der Waals surface area contributed by atoms with Gasteiger partial charge in [-0.25, -0.2) is 9.59 Å². The van der Waals surface area contributed by atoms with E-state index < -0.39 is 18.0 Å². The van der Waals surface area contributed by atoms with Crippen LogP contribution in [0.1, 0.15) is 56.4 Å². The number of thiophene rings is 1. The monoisotopic (exact) mass is 312 g/mol. The van der Waals surface area contributed by atoms with E-state index in [2.05, 4.69) is 17.6 Å². The zero-order valence-electron chi connectivity index (χ0n) is 12.4. The van der Waals surface area contributed by atoms with Crippen LogP contribution in [0.15, 0.2) is 17.5 Å². The molecule has 1 aromatic heterocycles. The Bertz CT molecular complexity index is 421. The maximum Gasteiger partial charge on any atom is 0.331 e. The third-order valence-electron chi connectivity index (χ3n) is 3.17. The molecule has 0 spiro atoms. The first-order valence-corrected chi connectivity index (χ1v) is 8.33. The Hall–Kier alpha value is -1.56. The molecule has 0 aromatic carbocycles. The number of urea groups is 1. The van der Waals surface area contributed by atoms with Gasteiger partial charge in [0, 0.05) is 11.4 Å². The molecule has 0 fully saturated rings. The van der Waals surface area contributed by atoms with Gasteiger partial charge in [0.15, 0.2) is 6.04 Å². The summed E-state index contributed by atoms with van der Waals surface area (Å²) in [5, 5.41) is 16.1. The van der Waals surface area contributed by atoms with E-state index in [0.29, 0.717) is 11.4 Å². The number of carboxylic acid groups (broad SMARTS) is 1. The number of hydrogen-bond donors (Lipinski definition) is 3. The largest absolute Gasteiger partial charge is 0.479 e. The second-order valence-electron chi connectivity index (χ2n) is 4.95. The summed E-state index contributed by atoms with van der Waals surface area (Å²) in [7, 11) is 0.